The number of methoxy groups -OCH3 is 1. The number of piperidine rings is 1. The first-order valence-electron chi connectivity index (χ1n) is 11.7. The van der Waals surface area contributed by atoms with Crippen LogP contribution in [-0.4, -0.2) is 63.5 Å². The van der Waals surface area contributed by atoms with E-state index in [1.807, 2.05) is 36.5 Å². The van der Waals surface area contributed by atoms with Crippen molar-refractivity contribution in [3.05, 3.63) is 59.5 Å². The molecule has 1 atom stereocenters. The Morgan fingerprint density at radius 1 is 1.29 bits per heavy atom. The molecule has 4 rings (SSSR count). The molecule has 9 heteroatoms. The highest BCUT2D eigenvalue weighted by Crippen LogP contribution is 2.41. The number of carbonyl (C=O) groups is 1. The summed E-state index contributed by atoms with van der Waals surface area (Å²) in [6.07, 6.45) is 6.06. The third-order valence-corrected chi connectivity index (χ3v) is 8.14. The van der Waals surface area contributed by atoms with Crippen LogP contribution in [0, 0.1) is 5.41 Å². The molecule has 186 valence electrons. The van der Waals surface area contributed by atoms with Crippen molar-refractivity contribution < 1.29 is 19.7 Å². The largest absolute Gasteiger partial charge is 0.497 e. The van der Waals surface area contributed by atoms with Crippen LogP contribution in [0.2, 0.25) is 5.02 Å². The summed E-state index contributed by atoms with van der Waals surface area (Å²) >= 11 is 8.19. The van der Waals surface area contributed by atoms with Gasteiger partial charge in [0, 0.05) is 46.7 Å². The van der Waals surface area contributed by atoms with Crippen LogP contribution in [-0.2, 0) is 4.79 Å². The standard InChI is InChI=1S/C26H30ClN3O4S/c1-34-18-4-5-22-20(15-18)24(21(27)17-29-22)23(31)6-7-26(25(32)33)8-11-30(12-9-26)13-14-35-19-3-2-10-28-16-19/h2-5,10,15-17,23,31H,6-9,11-14H2,1H3,(H,32,33)/t23-/m0/s1. The molecule has 2 N–H and O–H groups in total. The fraction of sp³-hybridized carbons (Fsp3) is 0.423. The van der Waals surface area contributed by atoms with Gasteiger partial charge >= 0.3 is 5.97 Å². The van der Waals surface area contributed by atoms with Gasteiger partial charge in [0.1, 0.15) is 5.75 Å². The van der Waals surface area contributed by atoms with Crippen LogP contribution in [0.25, 0.3) is 10.9 Å². The van der Waals surface area contributed by atoms with Crippen LogP contribution >= 0.6 is 23.4 Å². The van der Waals surface area contributed by atoms with Gasteiger partial charge in [-0.05, 0) is 69.1 Å². The minimum absolute atomic E-state index is 0.305. The van der Waals surface area contributed by atoms with Crippen molar-refractivity contribution >= 4 is 40.2 Å². The van der Waals surface area contributed by atoms with E-state index < -0.39 is 17.5 Å². The van der Waals surface area contributed by atoms with Crippen molar-refractivity contribution in [1.29, 1.82) is 0 Å². The first-order valence-corrected chi connectivity index (χ1v) is 13.1. The molecule has 0 bridgehead atoms. The smallest absolute Gasteiger partial charge is 0.309 e. The average molecular weight is 516 g/mol. The fourth-order valence-electron chi connectivity index (χ4n) is 4.69. The second-order valence-electron chi connectivity index (χ2n) is 8.92. The van der Waals surface area contributed by atoms with Crippen LogP contribution in [0.3, 0.4) is 0 Å². The maximum atomic E-state index is 12.3. The summed E-state index contributed by atoms with van der Waals surface area (Å²) in [7, 11) is 1.58. The molecule has 0 amide bonds. The van der Waals surface area contributed by atoms with Crippen LogP contribution < -0.4 is 4.74 Å². The molecule has 35 heavy (non-hydrogen) atoms. The normalized spacial score (nSPS) is 16.8. The summed E-state index contributed by atoms with van der Waals surface area (Å²) in [6, 6.07) is 9.41. The first kappa shape index (κ1) is 25.7. The quantitative estimate of drug-likeness (QED) is 0.361. The molecule has 0 spiro atoms. The van der Waals surface area contributed by atoms with Gasteiger partial charge in [-0.25, -0.2) is 0 Å². The van der Waals surface area contributed by atoms with E-state index in [1.165, 1.54) is 6.20 Å². The van der Waals surface area contributed by atoms with E-state index in [2.05, 4.69) is 14.9 Å². The Hall–Kier alpha value is -2.39. The maximum Gasteiger partial charge on any atom is 0.309 e. The summed E-state index contributed by atoms with van der Waals surface area (Å²) in [6.45, 7) is 2.36. The first-order chi connectivity index (χ1) is 16.9. The molecule has 0 radical (unpaired) electrons. The summed E-state index contributed by atoms with van der Waals surface area (Å²) in [4.78, 5) is 24.3. The zero-order valence-electron chi connectivity index (χ0n) is 19.7. The summed E-state index contributed by atoms with van der Waals surface area (Å²) < 4.78 is 5.32. The number of aromatic nitrogens is 2. The minimum Gasteiger partial charge on any atom is -0.497 e. The summed E-state index contributed by atoms with van der Waals surface area (Å²) in [5.41, 5.74) is 0.427. The number of nitrogens with zero attached hydrogens (tertiary/aromatic N) is 3. The number of carboxylic acid groups (broad SMARTS) is 1. The van der Waals surface area contributed by atoms with E-state index in [4.69, 9.17) is 16.3 Å². The lowest BCUT2D eigenvalue weighted by atomic mass is 9.74. The molecule has 1 aliphatic rings. The van der Waals surface area contributed by atoms with Gasteiger partial charge in [-0.2, -0.15) is 0 Å². The average Bonchev–Trinajstić information content (AvgIpc) is 2.88. The molecule has 2 aromatic heterocycles. The van der Waals surface area contributed by atoms with Crippen molar-refractivity contribution in [3.8, 4) is 5.75 Å². The number of aliphatic hydroxyl groups is 1. The lowest BCUT2D eigenvalue weighted by Crippen LogP contribution is -2.45. The van der Waals surface area contributed by atoms with Crippen molar-refractivity contribution in [1.82, 2.24) is 14.9 Å². The number of pyridine rings is 2. The van der Waals surface area contributed by atoms with Gasteiger partial charge in [-0.15, -0.1) is 11.8 Å². The second kappa shape index (κ2) is 11.6. The Balaban J connectivity index is 1.38. The number of hydrogen-bond acceptors (Lipinski definition) is 7. The molecular formula is C26H30ClN3O4S. The highest BCUT2D eigenvalue weighted by molar-refractivity contribution is 7.99. The summed E-state index contributed by atoms with van der Waals surface area (Å²) in [5, 5.41) is 22.3. The van der Waals surface area contributed by atoms with E-state index in [1.54, 1.807) is 25.1 Å². The Morgan fingerprint density at radius 3 is 2.77 bits per heavy atom. The van der Waals surface area contributed by atoms with Gasteiger partial charge in [0.05, 0.1) is 29.2 Å². The molecule has 3 aromatic rings. The van der Waals surface area contributed by atoms with Gasteiger partial charge in [-0.3, -0.25) is 14.8 Å². The zero-order chi connectivity index (χ0) is 24.8. The molecule has 1 aromatic carbocycles. The van der Waals surface area contributed by atoms with Crippen molar-refractivity contribution in [2.45, 2.75) is 36.7 Å². The SMILES string of the molecule is COc1ccc2ncc(Cl)c([C@@H](O)CCC3(C(=O)O)CCN(CCSc4cccnc4)CC3)c2c1. The number of rotatable bonds is 10. The minimum atomic E-state index is -0.898. The second-order valence-corrected chi connectivity index (χ2v) is 10.5. The monoisotopic (exact) mass is 515 g/mol. The van der Waals surface area contributed by atoms with E-state index in [0.717, 1.165) is 35.7 Å². The Kier molecular flexibility index (Phi) is 8.49. The van der Waals surface area contributed by atoms with Gasteiger partial charge in [0.25, 0.3) is 0 Å². The topological polar surface area (TPSA) is 95.8 Å². The lowest BCUT2D eigenvalue weighted by Gasteiger charge is -2.39. The van der Waals surface area contributed by atoms with Crippen molar-refractivity contribution in [2.24, 2.45) is 5.41 Å². The van der Waals surface area contributed by atoms with Gasteiger partial charge in [-0.1, -0.05) is 11.6 Å². The van der Waals surface area contributed by atoms with Crippen LogP contribution in [0.1, 0.15) is 37.4 Å². The molecule has 7 nitrogen and oxygen atoms in total. The van der Waals surface area contributed by atoms with E-state index in [0.29, 0.717) is 47.5 Å². The Bertz CT molecular complexity index is 1160. The number of carboxylic acids is 1. The predicted molar refractivity (Wildman–Crippen MR) is 138 cm³/mol. The van der Waals surface area contributed by atoms with E-state index in [9.17, 15) is 15.0 Å². The lowest BCUT2D eigenvalue weighted by molar-refractivity contribution is -0.153. The highest BCUT2D eigenvalue weighted by atomic mass is 35.5. The highest BCUT2D eigenvalue weighted by Gasteiger charge is 2.41. The molecule has 0 aliphatic carbocycles. The predicted octanol–water partition coefficient (Wildman–Crippen LogP) is 5.06. The number of halogens is 1. The van der Waals surface area contributed by atoms with Crippen LogP contribution in [0.5, 0.6) is 5.75 Å². The van der Waals surface area contributed by atoms with Crippen molar-refractivity contribution in [2.75, 3.05) is 32.5 Å². The third-order valence-electron chi connectivity index (χ3n) is 6.88. The number of hydrogen-bond donors (Lipinski definition) is 2. The number of ether oxygens (including phenoxy) is 1. The maximum absolute atomic E-state index is 12.3. The van der Waals surface area contributed by atoms with Crippen LogP contribution in [0.4, 0.5) is 0 Å². The van der Waals surface area contributed by atoms with Crippen LogP contribution in [0.15, 0.2) is 53.8 Å². The number of likely N-dealkylation sites (tertiary alicyclic amines) is 1. The fourth-order valence-corrected chi connectivity index (χ4v) is 5.86. The van der Waals surface area contributed by atoms with E-state index >= 15 is 0 Å². The van der Waals surface area contributed by atoms with E-state index in [-0.39, 0.29) is 0 Å². The molecular weight excluding hydrogens is 486 g/mol. The number of thioether (sulfide) groups is 1. The van der Waals surface area contributed by atoms with Gasteiger partial charge in [0.2, 0.25) is 0 Å². The molecule has 0 unspecified atom stereocenters. The number of aliphatic hydroxyl groups excluding tert-OH is 1. The van der Waals surface area contributed by atoms with Gasteiger partial charge in [0.15, 0.2) is 0 Å². The summed E-state index contributed by atoms with van der Waals surface area (Å²) in [5.74, 6) is 0.786. The molecule has 1 saturated heterocycles. The number of benzene rings is 1. The molecule has 3 heterocycles. The molecule has 0 saturated carbocycles. The van der Waals surface area contributed by atoms with Gasteiger partial charge < -0.3 is 19.8 Å². The molecule has 1 fully saturated rings. The Labute approximate surface area is 214 Å². The number of fused-ring (bicyclic) bond motifs is 1. The number of aliphatic carboxylic acids is 1. The Morgan fingerprint density at radius 2 is 2.09 bits per heavy atom. The molecule has 1 aliphatic heterocycles. The van der Waals surface area contributed by atoms with Crippen molar-refractivity contribution in [3.63, 3.8) is 0 Å². The zero-order valence-corrected chi connectivity index (χ0v) is 21.3. The third kappa shape index (κ3) is 6.06.